The summed E-state index contributed by atoms with van der Waals surface area (Å²) < 4.78 is 0. The molecule has 16 heavy (non-hydrogen) atoms. The lowest BCUT2D eigenvalue weighted by atomic mass is 10.1. The second-order valence-corrected chi connectivity index (χ2v) is 2.71. The molecule has 0 saturated heterocycles. The second kappa shape index (κ2) is 11.6. The molecule has 1 aromatic carbocycles. The first kappa shape index (κ1) is 16.9. The van der Waals surface area contributed by atoms with Gasteiger partial charge in [0.05, 0.1) is 0 Å². The molecule has 3 nitrogen and oxygen atoms in total. The van der Waals surface area contributed by atoms with Gasteiger partial charge in [-0.25, -0.2) is 4.79 Å². The fraction of sp³-hybridized carbons (Fsp3) is 0.462. The van der Waals surface area contributed by atoms with E-state index in [0.29, 0.717) is 6.54 Å². The maximum atomic E-state index is 10.4. The highest BCUT2D eigenvalue weighted by Gasteiger charge is 1.93. The van der Waals surface area contributed by atoms with Gasteiger partial charge in [0.1, 0.15) is 0 Å². The Hall–Kier alpha value is -1.51. The number of nitrogens with two attached hydrogens (primary N) is 1. The van der Waals surface area contributed by atoms with Crippen molar-refractivity contribution < 1.29 is 4.79 Å². The zero-order valence-corrected chi connectivity index (χ0v) is 11.0. The van der Waals surface area contributed by atoms with Crippen LogP contribution in [0.5, 0.6) is 0 Å². The minimum Gasteiger partial charge on any atom is -0.352 e. The fourth-order valence-corrected chi connectivity index (χ4v) is 1.01. The second-order valence-electron chi connectivity index (χ2n) is 2.71. The highest BCUT2D eigenvalue weighted by atomic mass is 16.2. The van der Waals surface area contributed by atoms with Gasteiger partial charge in [-0.2, -0.15) is 0 Å². The number of nitrogens with one attached hydrogen (secondary N) is 1. The van der Waals surface area contributed by atoms with E-state index >= 15 is 0 Å². The number of carbonyl (C=O) groups is 1. The van der Waals surface area contributed by atoms with Gasteiger partial charge in [-0.05, 0) is 12.5 Å². The first-order valence-electron chi connectivity index (χ1n) is 5.77. The van der Waals surface area contributed by atoms with Gasteiger partial charge in [-0.3, -0.25) is 0 Å². The number of urea groups is 1. The highest BCUT2D eigenvalue weighted by Crippen LogP contribution is 2.02. The van der Waals surface area contributed by atoms with E-state index in [1.807, 2.05) is 58.9 Å². The summed E-state index contributed by atoms with van der Waals surface area (Å²) in [6.07, 6.45) is 0. The molecule has 0 aliphatic carbocycles. The van der Waals surface area contributed by atoms with Crippen molar-refractivity contribution in [2.45, 2.75) is 41.2 Å². The smallest absolute Gasteiger partial charge is 0.312 e. The minimum atomic E-state index is -0.489. The van der Waals surface area contributed by atoms with Gasteiger partial charge in [0.2, 0.25) is 0 Å². The molecule has 0 atom stereocenters. The fourth-order valence-electron chi connectivity index (χ4n) is 1.01. The molecule has 1 aromatic rings. The molecular formula is C13H24N2O. The highest BCUT2D eigenvalue weighted by molar-refractivity contribution is 5.71. The van der Waals surface area contributed by atoms with Crippen LogP contribution in [-0.4, -0.2) is 6.03 Å². The van der Waals surface area contributed by atoms with E-state index in [9.17, 15) is 4.79 Å². The number of primary amides is 1. The molecule has 0 fully saturated rings. The molecule has 0 spiro atoms. The SMILES string of the molecule is CC.CC.Cc1cccc(CNC(N)=O)c1. The maximum Gasteiger partial charge on any atom is 0.312 e. The minimum absolute atomic E-state index is 0.489. The van der Waals surface area contributed by atoms with Gasteiger partial charge in [-0.1, -0.05) is 57.5 Å². The first-order chi connectivity index (χ1) is 7.68. The Balaban J connectivity index is 0. The third-order valence-corrected chi connectivity index (χ3v) is 1.55. The number of benzene rings is 1. The van der Waals surface area contributed by atoms with Crippen LogP contribution in [0.1, 0.15) is 38.8 Å². The third-order valence-electron chi connectivity index (χ3n) is 1.55. The quantitative estimate of drug-likeness (QED) is 0.796. The van der Waals surface area contributed by atoms with Crippen molar-refractivity contribution in [1.29, 1.82) is 0 Å². The summed E-state index contributed by atoms with van der Waals surface area (Å²) in [4.78, 5) is 10.4. The van der Waals surface area contributed by atoms with Crippen LogP contribution in [-0.2, 0) is 6.54 Å². The molecule has 0 radical (unpaired) electrons. The molecule has 3 heteroatoms. The van der Waals surface area contributed by atoms with Crippen LogP contribution >= 0.6 is 0 Å². The van der Waals surface area contributed by atoms with Crippen molar-refractivity contribution in [3.05, 3.63) is 35.4 Å². The average molecular weight is 224 g/mol. The summed E-state index contributed by atoms with van der Waals surface area (Å²) in [6, 6.07) is 7.43. The molecule has 1 rings (SSSR count). The van der Waals surface area contributed by atoms with Crippen molar-refractivity contribution in [2.75, 3.05) is 0 Å². The molecule has 0 saturated carbocycles. The Kier molecular flexibility index (Phi) is 12.2. The van der Waals surface area contributed by atoms with E-state index in [0.717, 1.165) is 5.56 Å². The van der Waals surface area contributed by atoms with Gasteiger partial charge < -0.3 is 11.1 Å². The Morgan fingerprint density at radius 1 is 1.25 bits per heavy atom. The predicted octanol–water partition coefficient (Wildman–Crippen LogP) is 3.22. The molecule has 2 amide bonds. The number of aryl methyl sites for hydroxylation is 1. The summed E-state index contributed by atoms with van der Waals surface area (Å²) in [5.74, 6) is 0. The van der Waals surface area contributed by atoms with Crippen LogP contribution in [0.4, 0.5) is 4.79 Å². The molecule has 3 N–H and O–H groups in total. The standard InChI is InChI=1S/C9H12N2O.2C2H6/c1-7-3-2-4-8(5-7)6-11-9(10)12;2*1-2/h2-5H,6H2,1H3,(H3,10,11,12);2*1-2H3. The molecular weight excluding hydrogens is 200 g/mol. The van der Waals surface area contributed by atoms with Gasteiger partial charge in [0.15, 0.2) is 0 Å². The largest absolute Gasteiger partial charge is 0.352 e. The molecule has 0 heterocycles. The van der Waals surface area contributed by atoms with Gasteiger partial charge in [0, 0.05) is 6.54 Å². The van der Waals surface area contributed by atoms with E-state index in [1.54, 1.807) is 0 Å². The topological polar surface area (TPSA) is 55.1 Å². The maximum absolute atomic E-state index is 10.4. The number of carbonyl (C=O) groups excluding carboxylic acids is 1. The normalized spacial score (nSPS) is 7.81. The van der Waals surface area contributed by atoms with Gasteiger partial charge in [-0.15, -0.1) is 0 Å². The zero-order valence-electron chi connectivity index (χ0n) is 11.0. The predicted molar refractivity (Wildman–Crippen MR) is 70.3 cm³/mol. The summed E-state index contributed by atoms with van der Waals surface area (Å²) in [5, 5.41) is 2.53. The Morgan fingerprint density at radius 2 is 1.81 bits per heavy atom. The van der Waals surface area contributed by atoms with Gasteiger partial charge >= 0.3 is 6.03 Å². The van der Waals surface area contributed by atoms with Crippen molar-refractivity contribution in [2.24, 2.45) is 5.73 Å². The summed E-state index contributed by atoms with van der Waals surface area (Å²) in [7, 11) is 0. The lowest BCUT2D eigenvalue weighted by Crippen LogP contribution is -2.28. The van der Waals surface area contributed by atoms with E-state index in [1.165, 1.54) is 5.56 Å². The van der Waals surface area contributed by atoms with Crippen LogP contribution in [0.15, 0.2) is 24.3 Å². The summed E-state index contributed by atoms with van der Waals surface area (Å²) in [5.41, 5.74) is 7.17. The van der Waals surface area contributed by atoms with E-state index in [4.69, 9.17) is 5.73 Å². The monoisotopic (exact) mass is 224 g/mol. The Morgan fingerprint density at radius 3 is 2.25 bits per heavy atom. The van der Waals surface area contributed by atoms with Crippen LogP contribution in [0.3, 0.4) is 0 Å². The molecule has 0 aliphatic heterocycles. The van der Waals surface area contributed by atoms with Gasteiger partial charge in [0.25, 0.3) is 0 Å². The lowest BCUT2D eigenvalue weighted by molar-refractivity contribution is 0.248. The van der Waals surface area contributed by atoms with Crippen molar-refractivity contribution >= 4 is 6.03 Å². The number of hydrogen-bond donors (Lipinski definition) is 2. The first-order valence-corrected chi connectivity index (χ1v) is 5.77. The number of amides is 2. The van der Waals surface area contributed by atoms with Crippen molar-refractivity contribution in [3.63, 3.8) is 0 Å². The van der Waals surface area contributed by atoms with E-state index < -0.39 is 6.03 Å². The van der Waals surface area contributed by atoms with E-state index in [2.05, 4.69) is 5.32 Å². The van der Waals surface area contributed by atoms with Crippen molar-refractivity contribution in [3.8, 4) is 0 Å². The van der Waals surface area contributed by atoms with Crippen LogP contribution in [0.2, 0.25) is 0 Å². The molecule has 0 unspecified atom stereocenters. The van der Waals surface area contributed by atoms with Crippen molar-refractivity contribution in [1.82, 2.24) is 5.32 Å². The average Bonchev–Trinajstić information content (AvgIpc) is 2.32. The Labute approximate surface area is 99.0 Å². The van der Waals surface area contributed by atoms with Crippen LogP contribution < -0.4 is 11.1 Å². The summed E-state index contributed by atoms with van der Waals surface area (Å²) in [6.45, 7) is 10.5. The number of rotatable bonds is 2. The van der Waals surface area contributed by atoms with Crippen LogP contribution in [0, 0.1) is 6.92 Å². The molecule has 0 bridgehead atoms. The number of hydrogen-bond acceptors (Lipinski definition) is 1. The zero-order chi connectivity index (χ0) is 13.0. The molecule has 0 aliphatic rings. The van der Waals surface area contributed by atoms with Crippen LogP contribution in [0.25, 0.3) is 0 Å². The Bertz CT molecular complexity index is 285. The third kappa shape index (κ3) is 9.06. The summed E-state index contributed by atoms with van der Waals surface area (Å²) >= 11 is 0. The molecule has 0 aromatic heterocycles. The van der Waals surface area contributed by atoms with E-state index in [-0.39, 0.29) is 0 Å². The molecule has 92 valence electrons. The lowest BCUT2D eigenvalue weighted by Gasteiger charge is -2.02.